The SMILES string of the molecule is CCC(CC)C(=O)O/C(=C(/C#N)c1ccc([Si](C)(C)C)cc1)c1cc(C)nn1CC. The lowest BCUT2D eigenvalue weighted by atomic mass is 10.0. The largest absolute Gasteiger partial charge is 0.423 e. The Kier molecular flexibility index (Phi) is 7.80. The molecule has 1 aromatic carbocycles. The quantitative estimate of drug-likeness (QED) is 0.255. The highest BCUT2D eigenvalue weighted by Crippen LogP contribution is 2.29. The lowest BCUT2D eigenvalue weighted by Gasteiger charge is -2.18. The zero-order chi connectivity index (χ0) is 22.5. The van der Waals surface area contributed by atoms with E-state index in [9.17, 15) is 10.1 Å². The number of benzene rings is 1. The summed E-state index contributed by atoms with van der Waals surface area (Å²) in [5.41, 5.74) is 2.56. The maximum atomic E-state index is 12.8. The number of carbonyl (C=O) groups excluding carboxylic acids is 1. The number of rotatable bonds is 8. The number of ether oxygens (including phenoxy) is 1. The second-order valence-corrected chi connectivity index (χ2v) is 13.6. The minimum absolute atomic E-state index is 0.201. The van der Waals surface area contributed by atoms with Gasteiger partial charge in [0, 0.05) is 6.54 Å². The Hall–Kier alpha value is -2.65. The first kappa shape index (κ1) is 23.6. The summed E-state index contributed by atoms with van der Waals surface area (Å²) in [5.74, 6) is -0.214. The summed E-state index contributed by atoms with van der Waals surface area (Å²) in [5, 5.41) is 15.9. The second kappa shape index (κ2) is 9.90. The molecular weight excluding hydrogens is 390 g/mol. The van der Waals surface area contributed by atoms with E-state index in [1.807, 2.05) is 45.9 Å². The van der Waals surface area contributed by atoms with E-state index in [0.717, 1.165) is 11.3 Å². The highest BCUT2D eigenvalue weighted by Gasteiger charge is 2.25. The van der Waals surface area contributed by atoms with Crippen LogP contribution in [-0.4, -0.2) is 23.8 Å². The fourth-order valence-corrected chi connectivity index (χ4v) is 4.56. The van der Waals surface area contributed by atoms with Crippen molar-refractivity contribution in [3.05, 3.63) is 47.3 Å². The minimum atomic E-state index is -1.45. The molecule has 0 unspecified atom stereocenters. The molecular formula is C24H33N3O2Si. The van der Waals surface area contributed by atoms with Gasteiger partial charge in [0.25, 0.3) is 0 Å². The Labute approximate surface area is 181 Å². The highest BCUT2D eigenvalue weighted by molar-refractivity contribution is 6.88. The molecule has 0 amide bonds. The lowest BCUT2D eigenvalue weighted by molar-refractivity contribution is -0.141. The predicted octanol–water partition coefficient (Wildman–Crippen LogP) is 5.13. The first-order chi connectivity index (χ1) is 14.2. The van der Waals surface area contributed by atoms with Gasteiger partial charge < -0.3 is 4.74 Å². The molecule has 0 atom stereocenters. The molecule has 0 fully saturated rings. The molecule has 0 saturated heterocycles. The maximum absolute atomic E-state index is 12.8. The summed E-state index contributed by atoms with van der Waals surface area (Å²) >= 11 is 0. The minimum Gasteiger partial charge on any atom is -0.423 e. The third-order valence-corrected chi connectivity index (χ3v) is 7.40. The summed E-state index contributed by atoms with van der Waals surface area (Å²) in [7, 11) is -1.45. The average Bonchev–Trinajstić information content (AvgIpc) is 3.09. The van der Waals surface area contributed by atoms with Crippen LogP contribution < -0.4 is 5.19 Å². The van der Waals surface area contributed by atoms with Crippen molar-refractivity contribution in [2.24, 2.45) is 5.92 Å². The van der Waals surface area contributed by atoms with Crippen LogP contribution in [0, 0.1) is 24.2 Å². The van der Waals surface area contributed by atoms with E-state index in [1.54, 1.807) is 4.68 Å². The molecule has 0 aliphatic rings. The van der Waals surface area contributed by atoms with Crippen LogP contribution in [0.25, 0.3) is 11.3 Å². The van der Waals surface area contributed by atoms with Gasteiger partial charge in [-0.25, -0.2) is 0 Å². The topological polar surface area (TPSA) is 67.9 Å². The molecule has 1 heterocycles. The summed E-state index contributed by atoms with van der Waals surface area (Å²) in [4.78, 5) is 12.8. The van der Waals surface area contributed by atoms with Crippen LogP contribution in [0.5, 0.6) is 0 Å². The zero-order valence-corrected chi connectivity index (χ0v) is 20.2. The molecule has 0 N–H and O–H groups in total. The van der Waals surface area contributed by atoms with Gasteiger partial charge in [-0.15, -0.1) is 0 Å². The van der Waals surface area contributed by atoms with Crippen LogP contribution in [-0.2, 0) is 16.1 Å². The molecule has 30 heavy (non-hydrogen) atoms. The third-order valence-electron chi connectivity index (χ3n) is 5.33. The van der Waals surface area contributed by atoms with Crippen LogP contribution >= 0.6 is 0 Å². The molecule has 160 valence electrons. The molecule has 0 radical (unpaired) electrons. The first-order valence-corrected chi connectivity index (χ1v) is 14.2. The number of aromatic nitrogens is 2. The molecule has 1 aromatic heterocycles. The number of carbonyl (C=O) groups is 1. The molecule has 5 nitrogen and oxygen atoms in total. The lowest BCUT2D eigenvalue weighted by Crippen LogP contribution is -2.37. The normalized spacial score (nSPS) is 12.5. The number of allylic oxidation sites excluding steroid dienone is 1. The predicted molar refractivity (Wildman–Crippen MR) is 125 cm³/mol. The zero-order valence-electron chi connectivity index (χ0n) is 19.2. The Morgan fingerprint density at radius 1 is 1.17 bits per heavy atom. The van der Waals surface area contributed by atoms with Crippen molar-refractivity contribution >= 4 is 30.6 Å². The van der Waals surface area contributed by atoms with Crippen LogP contribution in [0.3, 0.4) is 0 Å². The van der Waals surface area contributed by atoms with Crippen molar-refractivity contribution < 1.29 is 9.53 Å². The van der Waals surface area contributed by atoms with Gasteiger partial charge in [0.15, 0.2) is 5.76 Å². The Balaban J connectivity index is 2.66. The van der Waals surface area contributed by atoms with Crippen molar-refractivity contribution in [3.8, 4) is 6.07 Å². The van der Waals surface area contributed by atoms with Crippen LogP contribution in [0.2, 0.25) is 19.6 Å². The molecule has 0 aliphatic heterocycles. The van der Waals surface area contributed by atoms with E-state index in [2.05, 4.69) is 42.9 Å². The van der Waals surface area contributed by atoms with E-state index in [1.165, 1.54) is 5.19 Å². The standard InChI is InChI=1S/C24H33N3O2Si/c1-8-18(9-2)24(28)29-23(22-15-17(4)26-27(22)10-3)21(16-25)19-11-13-20(14-12-19)30(5,6)7/h11-15,18H,8-10H2,1-7H3/b23-21-. The van der Waals surface area contributed by atoms with Gasteiger partial charge in [-0.05, 0) is 38.3 Å². The number of esters is 1. The van der Waals surface area contributed by atoms with E-state index >= 15 is 0 Å². The Morgan fingerprint density at radius 3 is 2.23 bits per heavy atom. The van der Waals surface area contributed by atoms with E-state index < -0.39 is 8.07 Å². The monoisotopic (exact) mass is 423 g/mol. The van der Waals surface area contributed by atoms with Gasteiger partial charge in [-0.1, -0.05) is 62.9 Å². The van der Waals surface area contributed by atoms with Crippen molar-refractivity contribution in [1.29, 1.82) is 5.26 Å². The van der Waals surface area contributed by atoms with Crippen molar-refractivity contribution in [2.75, 3.05) is 0 Å². The summed E-state index contributed by atoms with van der Waals surface area (Å²) < 4.78 is 7.68. The van der Waals surface area contributed by atoms with E-state index in [0.29, 0.717) is 30.7 Å². The van der Waals surface area contributed by atoms with Gasteiger partial charge in [0.1, 0.15) is 17.3 Å². The first-order valence-electron chi connectivity index (χ1n) is 10.7. The van der Waals surface area contributed by atoms with Crippen molar-refractivity contribution in [1.82, 2.24) is 9.78 Å². The molecule has 2 aromatic rings. The number of nitrogens with zero attached hydrogens (tertiary/aromatic N) is 3. The van der Waals surface area contributed by atoms with Crippen LogP contribution in [0.4, 0.5) is 0 Å². The Morgan fingerprint density at radius 2 is 1.77 bits per heavy atom. The van der Waals surface area contributed by atoms with E-state index in [-0.39, 0.29) is 17.6 Å². The number of aryl methyl sites for hydroxylation is 2. The number of nitriles is 1. The van der Waals surface area contributed by atoms with Crippen molar-refractivity contribution in [3.63, 3.8) is 0 Å². The second-order valence-electron chi connectivity index (χ2n) is 8.56. The highest BCUT2D eigenvalue weighted by atomic mass is 28.3. The smallest absolute Gasteiger partial charge is 0.314 e. The van der Waals surface area contributed by atoms with Gasteiger partial charge in [0.05, 0.1) is 19.7 Å². The maximum Gasteiger partial charge on any atom is 0.314 e. The van der Waals surface area contributed by atoms with Gasteiger partial charge in [0.2, 0.25) is 0 Å². The van der Waals surface area contributed by atoms with Gasteiger partial charge >= 0.3 is 5.97 Å². The molecule has 0 aliphatic carbocycles. The molecule has 0 bridgehead atoms. The fraction of sp³-hybridized carbons (Fsp3) is 0.458. The number of hydrogen-bond donors (Lipinski definition) is 0. The number of hydrogen-bond acceptors (Lipinski definition) is 4. The fourth-order valence-electron chi connectivity index (χ4n) is 3.39. The average molecular weight is 424 g/mol. The molecule has 6 heteroatoms. The van der Waals surface area contributed by atoms with Crippen LogP contribution in [0.15, 0.2) is 30.3 Å². The van der Waals surface area contributed by atoms with Crippen molar-refractivity contribution in [2.45, 2.75) is 66.7 Å². The Bertz CT molecular complexity index is 956. The molecule has 0 spiro atoms. The van der Waals surface area contributed by atoms with Gasteiger partial charge in [-0.2, -0.15) is 10.4 Å². The van der Waals surface area contributed by atoms with Gasteiger partial charge in [-0.3, -0.25) is 9.48 Å². The summed E-state index contributed by atoms with van der Waals surface area (Å²) in [6.45, 7) is 15.3. The molecule has 0 saturated carbocycles. The molecule has 2 rings (SSSR count). The van der Waals surface area contributed by atoms with E-state index in [4.69, 9.17) is 4.74 Å². The third kappa shape index (κ3) is 5.28. The van der Waals surface area contributed by atoms with Crippen LogP contribution in [0.1, 0.15) is 50.6 Å². The summed E-state index contributed by atoms with van der Waals surface area (Å²) in [6, 6.07) is 12.2. The summed E-state index contributed by atoms with van der Waals surface area (Å²) in [6.07, 6.45) is 1.39.